The molecule has 0 bridgehead atoms. The van der Waals surface area contributed by atoms with E-state index in [-0.39, 0.29) is 11.6 Å². The van der Waals surface area contributed by atoms with Crippen LogP contribution in [0.5, 0.6) is 0 Å². The van der Waals surface area contributed by atoms with Crippen LogP contribution >= 0.6 is 0 Å². The molecule has 0 aliphatic rings. The van der Waals surface area contributed by atoms with Crippen LogP contribution in [0.2, 0.25) is 0 Å². The summed E-state index contributed by atoms with van der Waals surface area (Å²) >= 11 is 0. The van der Waals surface area contributed by atoms with E-state index in [1.165, 1.54) is 0 Å². The quantitative estimate of drug-likeness (QED) is 0.193. The molecule has 0 saturated carbocycles. The second-order valence-electron chi connectivity index (χ2n) is 7.25. The number of unbranched alkanes of at least 4 members (excludes halogenated alkanes) is 2. The van der Waals surface area contributed by atoms with Crippen LogP contribution < -0.4 is 0 Å². The van der Waals surface area contributed by atoms with Crippen molar-refractivity contribution in [2.45, 2.75) is 32.1 Å². The monoisotopic (exact) mass is 394 g/mol. The average molecular weight is 395 g/mol. The zero-order valence-corrected chi connectivity index (χ0v) is 17.3. The van der Waals surface area contributed by atoms with Gasteiger partial charge < -0.3 is 0 Å². The van der Waals surface area contributed by atoms with E-state index in [1.54, 1.807) is 24.3 Å². The predicted molar refractivity (Wildman–Crippen MR) is 122 cm³/mol. The highest BCUT2D eigenvalue weighted by Crippen LogP contribution is 2.30. The third kappa shape index (κ3) is 5.33. The highest BCUT2D eigenvalue weighted by atomic mass is 16.2. The standard InChI is InChI=1S/C28H26O2/c1-2-3-4-14-21-25(22-15-8-5-9-16-22)26(27(29)23-17-10-6-11-18-23)28(30)24-19-12-7-13-20-24/h5-13,15-20,25-26H,2-4H2,1H3. The van der Waals surface area contributed by atoms with Crippen LogP contribution in [0, 0.1) is 17.8 Å². The van der Waals surface area contributed by atoms with Gasteiger partial charge in [-0.25, -0.2) is 0 Å². The maximum Gasteiger partial charge on any atom is 0.175 e. The summed E-state index contributed by atoms with van der Waals surface area (Å²) < 4.78 is 0. The van der Waals surface area contributed by atoms with Gasteiger partial charge in [0.2, 0.25) is 0 Å². The molecule has 0 fully saturated rings. The number of hydrogen-bond acceptors (Lipinski definition) is 2. The fourth-order valence-electron chi connectivity index (χ4n) is 3.45. The second kappa shape index (κ2) is 10.9. The van der Waals surface area contributed by atoms with E-state index >= 15 is 0 Å². The summed E-state index contributed by atoms with van der Waals surface area (Å²) in [5.41, 5.74) is 1.95. The van der Waals surface area contributed by atoms with E-state index in [9.17, 15) is 9.59 Å². The second-order valence-corrected chi connectivity index (χ2v) is 7.25. The molecule has 0 aliphatic heterocycles. The molecule has 0 radical (unpaired) electrons. The maximum atomic E-state index is 13.6. The minimum Gasteiger partial charge on any atom is -0.293 e. The molecule has 2 nitrogen and oxygen atoms in total. The summed E-state index contributed by atoms with van der Waals surface area (Å²) in [7, 11) is 0. The van der Waals surface area contributed by atoms with Crippen LogP contribution in [-0.2, 0) is 0 Å². The number of carbonyl (C=O) groups excluding carboxylic acids is 2. The van der Waals surface area contributed by atoms with E-state index < -0.39 is 11.8 Å². The van der Waals surface area contributed by atoms with Gasteiger partial charge in [-0.1, -0.05) is 110 Å². The van der Waals surface area contributed by atoms with Gasteiger partial charge in [0.15, 0.2) is 11.6 Å². The van der Waals surface area contributed by atoms with E-state index in [1.807, 2.05) is 66.7 Å². The first-order chi connectivity index (χ1) is 14.7. The molecule has 0 N–H and O–H groups in total. The largest absolute Gasteiger partial charge is 0.293 e. The molecule has 3 aromatic rings. The zero-order chi connectivity index (χ0) is 21.2. The summed E-state index contributed by atoms with van der Waals surface area (Å²) in [6.07, 6.45) is 2.81. The lowest BCUT2D eigenvalue weighted by molar-refractivity contribution is 0.0797. The van der Waals surface area contributed by atoms with E-state index in [2.05, 4.69) is 18.8 Å². The number of hydrogen-bond donors (Lipinski definition) is 0. The zero-order valence-electron chi connectivity index (χ0n) is 17.3. The summed E-state index contributed by atoms with van der Waals surface area (Å²) in [4.78, 5) is 27.1. The molecular weight excluding hydrogens is 368 g/mol. The molecule has 0 amide bonds. The number of rotatable bonds is 8. The van der Waals surface area contributed by atoms with Crippen molar-refractivity contribution < 1.29 is 9.59 Å². The molecule has 3 aromatic carbocycles. The Kier molecular flexibility index (Phi) is 7.75. The summed E-state index contributed by atoms with van der Waals surface area (Å²) in [5.74, 6) is 4.73. The van der Waals surface area contributed by atoms with E-state index in [0.29, 0.717) is 11.1 Å². The normalized spacial score (nSPS) is 11.4. The molecule has 1 atom stereocenters. The molecular formula is C28H26O2. The topological polar surface area (TPSA) is 34.1 Å². The third-order valence-corrected chi connectivity index (χ3v) is 5.09. The van der Waals surface area contributed by atoms with Crippen molar-refractivity contribution in [3.63, 3.8) is 0 Å². The number of carbonyl (C=O) groups is 2. The van der Waals surface area contributed by atoms with Gasteiger partial charge in [0.25, 0.3) is 0 Å². The average Bonchev–Trinajstić information content (AvgIpc) is 2.82. The number of ketones is 2. The summed E-state index contributed by atoms with van der Waals surface area (Å²) in [6, 6.07) is 27.7. The van der Waals surface area contributed by atoms with Crippen LogP contribution in [0.1, 0.15) is 58.4 Å². The van der Waals surface area contributed by atoms with Crippen molar-refractivity contribution in [3.05, 3.63) is 108 Å². The van der Waals surface area contributed by atoms with Crippen LogP contribution in [-0.4, -0.2) is 11.6 Å². The Morgan fingerprint density at radius 1 is 0.733 bits per heavy atom. The first-order valence-corrected chi connectivity index (χ1v) is 10.4. The molecule has 30 heavy (non-hydrogen) atoms. The van der Waals surface area contributed by atoms with Gasteiger partial charge in [0.05, 0.1) is 5.92 Å². The van der Waals surface area contributed by atoms with E-state index in [4.69, 9.17) is 0 Å². The molecule has 0 saturated heterocycles. The van der Waals surface area contributed by atoms with Gasteiger partial charge >= 0.3 is 0 Å². The van der Waals surface area contributed by atoms with Gasteiger partial charge in [0, 0.05) is 17.5 Å². The van der Waals surface area contributed by atoms with Gasteiger partial charge in [0.1, 0.15) is 5.92 Å². The van der Waals surface area contributed by atoms with E-state index in [0.717, 1.165) is 24.8 Å². The fraction of sp³-hybridized carbons (Fsp3) is 0.214. The molecule has 0 aliphatic carbocycles. The Balaban J connectivity index is 2.09. The molecule has 2 heteroatoms. The first-order valence-electron chi connectivity index (χ1n) is 10.4. The van der Waals surface area contributed by atoms with Gasteiger partial charge in [-0.2, -0.15) is 0 Å². The number of Topliss-reactive ketones (excluding diaryl/α,β-unsaturated/α-hetero) is 2. The molecule has 1 unspecified atom stereocenters. The highest BCUT2D eigenvalue weighted by Gasteiger charge is 2.36. The smallest absolute Gasteiger partial charge is 0.175 e. The van der Waals surface area contributed by atoms with Crippen molar-refractivity contribution in [1.82, 2.24) is 0 Å². The Bertz CT molecular complexity index is 960. The Morgan fingerprint density at radius 3 is 1.67 bits per heavy atom. The maximum absolute atomic E-state index is 13.6. The highest BCUT2D eigenvalue weighted by molar-refractivity contribution is 6.17. The minimum absolute atomic E-state index is 0.192. The van der Waals surface area contributed by atoms with Gasteiger partial charge in [-0.15, -0.1) is 5.92 Å². The molecule has 150 valence electrons. The van der Waals surface area contributed by atoms with Crippen LogP contribution in [0.15, 0.2) is 91.0 Å². The van der Waals surface area contributed by atoms with Crippen LogP contribution in [0.25, 0.3) is 0 Å². The van der Waals surface area contributed by atoms with Crippen molar-refractivity contribution in [2.75, 3.05) is 0 Å². The predicted octanol–water partition coefficient (Wildman–Crippen LogP) is 6.35. The molecule has 0 heterocycles. The summed E-state index contributed by atoms with van der Waals surface area (Å²) in [5, 5.41) is 0. The molecule has 0 aromatic heterocycles. The Morgan fingerprint density at radius 2 is 1.20 bits per heavy atom. The van der Waals surface area contributed by atoms with Crippen molar-refractivity contribution in [3.8, 4) is 11.8 Å². The lowest BCUT2D eigenvalue weighted by Gasteiger charge is -2.22. The van der Waals surface area contributed by atoms with Gasteiger partial charge in [-0.05, 0) is 12.0 Å². The number of benzene rings is 3. The SMILES string of the molecule is CCCCC#CC(c1ccccc1)C(C(=O)c1ccccc1)C(=O)c1ccccc1. The Labute approximate surface area is 179 Å². The molecule has 0 spiro atoms. The van der Waals surface area contributed by atoms with Crippen molar-refractivity contribution in [1.29, 1.82) is 0 Å². The summed E-state index contributed by atoms with van der Waals surface area (Å²) in [6.45, 7) is 2.12. The minimum atomic E-state index is -0.897. The van der Waals surface area contributed by atoms with Gasteiger partial charge in [-0.3, -0.25) is 9.59 Å². The lowest BCUT2D eigenvalue weighted by atomic mass is 9.77. The lowest BCUT2D eigenvalue weighted by Crippen LogP contribution is -2.30. The van der Waals surface area contributed by atoms with Crippen LogP contribution in [0.3, 0.4) is 0 Å². The van der Waals surface area contributed by atoms with Crippen LogP contribution in [0.4, 0.5) is 0 Å². The first kappa shape index (κ1) is 21.3. The Hall–Kier alpha value is -3.44. The van der Waals surface area contributed by atoms with Crippen molar-refractivity contribution >= 4 is 11.6 Å². The third-order valence-electron chi connectivity index (χ3n) is 5.09. The molecule has 3 rings (SSSR count). The fourth-order valence-corrected chi connectivity index (χ4v) is 3.45. The van der Waals surface area contributed by atoms with Crippen molar-refractivity contribution in [2.24, 2.45) is 5.92 Å².